The van der Waals surface area contributed by atoms with Gasteiger partial charge < -0.3 is 16.2 Å². The van der Waals surface area contributed by atoms with Crippen LogP contribution in [0, 0.1) is 0 Å². The van der Waals surface area contributed by atoms with Crippen molar-refractivity contribution in [3.63, 3.8) is 0 Å². The van der Waals surface area contributed by atoms with E-state index in [0.29, 0.717) is 5.16 Å². The number of carbonyl (C=O) groups is 2. The Morgan fingerprint density at radius 1 is 1.59 bits per heavy atom. The Labute approximate surface area is 102 Å². The van der Waals surface area contributed by atoms with Crippen molar-refractivity contribution >= 4 is 29.6 Å². The molecule has 1 unspecified atom stereocenters. The molecule has 1 heterocycles. The first kappa shape index (κ1) is 13.3. The van der Waals surface area contributed by atoms with E-state index in [1.807, 2.05) is 0 Å². The van der Waals surface area contributed by atoms with Gasteiger partial charge in [0.25, 0.3) is 0 Å². The molecule has 0 saturated heterocycles. The smallest absolute Gasteiger partial charge is 0.313 e. The zero-order valence-electron chi connectivity index (χ0n) is 9.38. The number of carboxylic acids is 1. The van der Waals surface area contributed by atoms with Crippen LogP contribution in [-0.4, -0.2) is 44.5 Å². The molecule has 17 heavy (non-hydrogen) atoms. The summed E-state index contributed by atoms with van der Waals surface area (Å²) >= 11 is 0.962. The maximum Gasteiger partial charge on any atom is 0.313 e. The highest BCUT2D eigenvalue weighted by Gasteiger charge is 2.21. The monoisotopic (exact) mass is 259 g/mol. The summed E-state index contributed by atoms with van der Waals surface area (Å²) in [7, 11) is 1.50. The highest BCUT2D eigenvalue weighted by molar-refractivity contribution is 7.99. The lowest BCUT2D eigenvalue weighted by atomic mass is 10.3. The predicted octanol–water partition coefficient (Wildman–Crippen LogP) is -0.656. The van der Waals surface area contributed by atoms with Crippen molar-refractivity contribution in [2.75, 3.05) is 18.5 Å². The molecular weight excluding hydrogens is 246 g/mol. The van der Waals surface area contributed by atoms with Gasteiger partial charge in [-0.15, -0.1) is 10.2 Å². The van der Waals surface area contributed by atoms with Crippen LogP contribution in [0.1, 0.15) is 13.0 Å². The second kappa shape index (κ2) is 5.53. The van der Waals surface area contributed by atoms with Crippen molar-refractivity contribution in [3.8, 4) is 0 Å². The molecule has 94 valence electrons. The van der Waals surface area contributed by atoms with Gasteiger partial charge in [0.2, 0.25) is 11.9 Å². The normalized spacial score (nSPS) is 12.1. The number of hydrogen-bond donors (Lipinski definition) is 3. The summed E-state index contributed by atoms with van der Waals surface area (Å²) in [4.78, 5) is 21.9. The zero-order chi connectivity index (χ0) is 13.0. The van der Waals surface area contributed by atoms with Crippen molar-refractivity contribution in [2.24, 2.45) is 0 Å². The van der Waals surface area contributed by atoms with Crippen molar-refractivity contribution in [1.82, 2.24) is 20.1 Å². The molecule has 9 heteroatoms. The number of nitrogens with zero attached hydrogens (tertiary/aromatic N) is 3. The van der Waals surface area contributed by atoms with Crippen LogP contribution in [0.5, 0.6) is 0 Å². The minimum Gasteiger partial charge on any atom is -0.481 e. The van der Waals surface area contributed by atoms with Gasteiger partial charge in [0.1, 0.15) is 6.04 Å². The van der Waals surface area contributed by atoms with Crippen molar-refractivity contribution in [3.05, 3.63) is 0 Å². The van der Waals surface area contributed by atoms with Crippen LogP contribution in [0.2, 0.25) is 0 Å². The van der Waals surface area contributed by atoms with Gasteiger partial charge in [0.05, 0.1) is 5.75 Å². The summed E-state index contributed by atoms with van der Waals surface area (Å²) in [5.41, 5.74) is 5.59. The van der Waals surface area contributed by atoms with E-state index in [2.05, 4.69) is 15.5 Å². The number of rotatable bonds is 5. The van der Waals surface area contributed by atoms with Crippen LogP contribution in [0.4, 0.5) is 5.95 Å². The lowest BCUT2D eigenvalue weighted by Gasteiger charge is -2.14. The maximum absolute atomic E-state index is 11.5. The fourth-order valence-corrected chi connectivity index (χ4v) is 1.95. The summed E-state index contributed by atoms with van der Waals surface area (Å²) in [5, 5.41) is 18.7. The van der Waals surface area contributed by atoms with E-state index >= 15 is 0 Å². The standard InChI is InChI=1S/C8H13N5O3S/c1-4(6(16)10-2)13-7(9)11-12-8(13)17-3-5(14)15/h4H,3H2,1-2H3,(H2,9,11)(H,10,16)(H,14,15). The number of aromatic nitrogens is 3. The minimum atomic E-state index is -0.976. The number of nitrogen functional groups attached to an aromatic ring is 1. The number of nitrogens with one attached hydrogen (secondary N) is 1. The quantitative estimate of drug-likeness (QED) is 0.600. The van der Waals surface area contributed by atoms with E-state index in [0.717, 1.165) is 11.8 Å². The fraction of sp³-hybridized carbons (Fsp3) is 0.500. The van der Waals surface area contributed by atoms with Gasteiger partial charge in [0, 0.05) is 7.05 Å². The number of thioether (sulfide) groups is 1. The molecule has 1 aromatic heterocycles. The number of carbonyl (C=O) groups excluding carboxylic acids is 1. The van der Waals surface area contributed by atoms with Gasteiger partial charge >= 0.3 is 5.97 Å². The second-order valence-electron chi connectivity index (χ2n) is 3.18. The maximum atomic E-state index is 11.5. The molecule has 1 aromatic rings. The Morgan fingerprint density at radius 3 is 2.76 bits per heavy atom. The number of carboxylic acid groups (broad SMARTS) is 1. The molecule has 0 saturated carbocycles. The van der Waals surface area contributed by atoms with Gasteiger partial charge in [0.15, 0.2) is 5.16 Å². The van der Waals surface area contributed by atoms with Gasteiger partial charge in [-0.25, -0.2) is 0 Å². The number of likely N-dealkylation sites (N-methyl/N-ethyl adjacent to an activating group) is 1. The molecule has 4 N–H and O–H groups in total. The molecule has 0 spiro atoms. The molecule has 0 aliphatic rings. The lowest BCUT2D eigenvalue weighted by molar-refractivity contribution is -0.133. The third-order valence-corrected chi connectivity index (χ3v) is 2.96. The topological polar surface area (TPSA) is 123 Å². The third kappa shape index (κ3) is 3.09. The van der Waals surface area contributed by atoms with Crippen molar-refractivity contribution < 1.29 is 14.7 Å². The Bertz CT molecular complexity index is 433. The Morgan fingerprint density at radius 2 is 2.24 bits per heavy atom. The first-order chi connectivity index (χ1) is 7.97. The van der Waals surface area contributed by atoms with Gasteiger partial charge in [-0.2, -0.15) is 0 Å². The molecule has 0 aliphatic heterocycles. The van der Waals surface area contributed by atoms with Gasteiger partial charge in [-0.1, -0.05) is 11.8 Å². The second-order valence-corrected chi connectivity index (χ2v) is 4.13. The molecule has 8 nitrogen and oxygen atoms in total. The average molecular weight is 259 g/mol. The first-order valence-electron chi connectivity index (χ1n) is 4.74. The van der Waals surface area contributed by atoms with E-state index in [4.69, 9.17) is 10.8 Å². The molecule has 0 aliphatic carbocycles. The molecule has 1 amide bonds. The SMILES string of the molecule is CNC(=O)C(C)n1c(N)nnc1SCC(=O)O. The summed E-state index contributed by atoms with van der Waals surface area (Å²) in [5.74, 6) is -1.32. The Balaban J connectivity index is 2.93. The third-order valence-electron chi connectivity index (χ3n) is 2.03. The average Bonchev–Trinajstić information content (AvgIpc) is 2.65. The first-order valence-corrected chi connectivity index (χ1v) is 5.72. The van der Waals surface area contributed by atoms with Crippen LogP contribution in [-0.2, 0) is 9.59 Å². The van der Waals surface area contributed by atoms with Gasteiger partial charge in [-0.3, -0.25) is 14.2 Å². The number of nitrogens with two attached hydrogens (primary N) is 1. The molecule has 1 rings (SSSR count). The summed E-state index contributed by atoms with van der Waals surface area (Å²) in [6, 6.07) is -0.591. The van der Waals surface area contributed by atoms with Crippen LogP contribution < -0.4 is 11.1 Å². The molecule has 0 radical (unpaired) electrons. The van der Waals surface area contributed by atoms with Crippen LogP contribution in [0.3, 0.4) is 0 Å². The van der Waals surface area contributed by atoms with E-state index < -0.39 is 12.0 Å². The molecule has 0 fully saturated rings. The highest BCUT2D eigenvalue weighted by atomic mass is 32.2. The predicted molar refractivity (Wildman–Crippen MR) is 61.6 cm³/mol. The zero-order valence-corrected chi connectivity index (χ0v) is 10.2. The summed E-state index contributed by atoms with van der Waals surface area (Å²) in [6.45, 7) is 1.63. The van der Waals surface area contributed by atoms with E-state index in [9.17, 15) is 9.59 Å². The van der Waals surface area contributed by atoms with E-state index in [1.54, 1.807) is 6.92 Å². The number of anilines is 1. The molecular formula is C8H13N5O3S. The largest absolute Gasteiger partial charge is 0.481 e. The summed E-state index contributed by atoms with van der Waals surface area (Å²) < 4.78 is 1.40. The number of aliphatic carboxylic acids is 1. The van der Waals surface area contributed by atoms with Crippen LogP contribution in [0.25, 0.3) is 0 Å². The molecule has 1 atom stereocenters. The van der Waals surface area contributed by atoms with E-state index in [-0.39, 0.29) is 17.6 Å². The Hall–Kier alpha value is -1.77. The van der Waals surface area contributed by atoms with Crippen LogP contribution >= 0.6 is 11.8 Å². The minimum absolute atomic E-state index is 0.0778. The molecule has 0 aromatic carbocycles. The van der Waals surface area contributed by atoms with Crippen molar-refractivity contribution in [1.29, 1.82) is 0 Å². The lowest BCUT2D eigenvalue weighted by Crippen LogP contribution is -2.29. The fourth-order valence-electron chi connectivity index (χ4n) is 1.20. The van der Waals surface area contributed by atoms with E-state index in [1.165, 1.54) is 11.6 Å². The van der Waals surface area contributed by atoms with Crippen molar-refractivity contribution in [2.45, 2.75) is 18.1 Å². The number of amides is 1. The molecule has 0 bridgehead atoms. The Kier molecular flexibility index (Phi) is 4.32. The summed E-state index contributed by atoms with van der Waals surface area (Å²) in [6.07, 6.45) is 0. The van der Waals surface area contributed by atoms with Crippen LogP contribution in [0.15, 0.2) is 5.16 Å². The highest BCUT2D eigenvalue weighted by Crippen LogP contribution is 2.22. The number of hydrogen-bond acceptors (Lipinski definition) is 6. The van der Waals surface area contributed by atoms with Gasteiger partial charge in [-0.05, 0) is 6.92 Å².